The monoisotopic (exact) mass is 300 g/mol. The molecule has 0 saturated heterocycles. The van der Waals surface area contributed by atoms with E-state index >= 15 is 0 Å². The van der Waals surface area contributed by atoms with Crippen molar-refractivity contribution in [3.63, 3.8) is 0 Å². The molecule has 0 aliphatic rings. The van der Waals surface area contributed by atoms with Gasteiger partial charge in [-0.25, -0.2) is 0 Å². The fourth-order valence-electron chi connectivity index (χ4n) is 1.88. The van der Waals surface area contributed by atoms with Gasteiger partial charge in [-0.1, -0.05) is 48.5 Å². The molecule has 0 heterocycles. The number of aliphatic hydroxyl groups excluding tert-OH is 1. The highest BCUT2D eigenvalue weighted by molar-refractivity contribution is 7.80. The Morgan fingerprint density at radius 1 is 1.05 bits per heavy atom. The van der Waals surface area contributed by atoms with Crippen LogP contribution in [0.4, 0.5) is 0 Å². The summed E-state index contributed by atoms with van der Waals surface area (Å²) in [5.41, 5.74) is 1.43. The molecule has 0 fully saturated rings. The number of benzene rings is 2. The average molecular weight is 300 g/mol. The summed E-state index contributed by atoms with van der Waals surface area (Å²) < 4.78 is 0. The van der Waals surface area contributed by atoms with Crippen molar-refractivity contribution in [3.05, 3.63) is 71.8 Å². The van der Waals surface area contributed by atoms with Gasteiger partial charge in [0.05, 0.1) is 12.6 Å². The number of carbonyl (C=O) groups excluding carboxylic acids is 1. The molecule has 4 nitrogen and oxygen atoms in total. The SMILES string of the molecule is O=C(NC(=S)NC(CO)c1ccccc1)c1ccccc1. The molecular weight excluding hydrogens is 284 g/mol. The standard InChI is InChI=1S/C16H16N2O2S/c19-11-14(12-7-3-1-4-8-12)17-16(21)18-15(20)13-9-5-2-6-10-13/h1-10,14,19H,11H2,(H2,17,18,20,21). The van der Waals surface area contributed by atoms with E-state index in [1.165, 1.54) is 0 Å². The number of rotatable bonds is 4. The molecule has 2 aromatic rings. The molecule has 0 aliphatic carbocycles. The van der Waals surface area contributed by atoms with Crippen LogP contribution in [0.3, 0.4) is 0 Å². The van der Waals surface area contributed by atoms with Crippen molar-refractivity contribution >= 4 is 23.2 Å². The number of nitrogens with one attached hydrogen (secondary N) is 2. The van der Waals surface area contributed by atoms with Gasteiger partial charge in [0.1, 0.15) is 0 Å². The number of aliphatic hydroxyl groups is 1. The van der Waals surface area contributed by atoms with Crippen LogP contribution in [-0.4, -0.2) is 22.7 Å². The van der Waals surface area contributed by atoms with Crippen LogP contribution in [0, 0.1) is 0 Å². The van der Waals surface area contributed by atoms with Crippen molar-refractivity contribution in [3.8, 4) is 0 Å². The summed E-state index contributed by atoms with van der Waals surface area (Å²) in [6, 6.07) is 17.9. The lowest BCUT2D eigenvalue weighted by Crippen LogP contribution is -2.42. The maximum Gasteiger partial charge on any atom is 0.257 e. The molecule has 108 valence electrons. The minimum absolute atomic E-state index is 0.120. The summed E-state index contributed by atoms with van der Waals surface area (Å²) in [6.07, 6.45) is 0. The van der Waals surface area contributed by atoms with Crippen LogP contribution in [0.25, 0.3) is 0 Å². The zero-order valence-corrected chi connectivity index (χ0v) is 12.1. The van der Waals surface area contributed by atoms with Crippen molar-refractivity contribution in [2.45, 2.75) is 6.04 Å². The summed E-state index contributed by atoms with van der Waals surface area (Å²) in [5, 5.41) is 15.2. The first-order valence-corrected chi connectivity index (χ1v) is 6.94. The Morgan fingerprint density at radius 3 is 2.19 bits per heavy atom. The molecule has 1 amide bonds. The fourth-order valence-corrected chi connectivity index (χ4v) is 2.11. The lowest BCUT2D eigenvalue weighted by molar-refractivity contribution is 0.0976. The van der Waals surface area contributed by atoms with Gasteiger partial charge in [-0.2, -0.15) is 0 Å². The van der Waals surface area contributed by atoms with E-state index in [0.29, 0.717) is 5.56 Å². The third kappa shape index (κ3) is 4.37. The number of hydrogen-bond acceptors (Lipinski definition) is 3. The zero-order chi connectivity index (χ0) is 15.1. The molecule has 2 aromatic carbocycles. The maximum atomic E-state index is 12.0. The largest absolute Gasteiger partial charge is 0.394 e. The molecule has 0 bridgehead atoms. The first-order valence-electron chi connectivity index (χ1n) is 6.53. The Hall–Kier alpha value is -2.24. The normalized spacial score (nSPS) is 11.5. The second-order valence-corrected chi connectivity index (χ2v) is 4.85. The van der Waals surface area contributed by atoms with E-state index in [2.05, 4.69) is 10.6 Å². The minimum Gasteiger partial charge on any atom is -0.394 e. The van der Waals surface area contributed by atoms with E-state index < -0.39 is 0 Å². The lowest BCUT2D eigenvalue weighted by Gasteiger charge is -2.18. The maximum absolute atomic E-state index is 12.0. The molecule has 0 spiro atoms. The summed E-state index contributed by atoms with van der Waals surface area (Å²) in [5.74, 6) is -0.280. The van der Waals surface area contributed by atoms with E-state index in [1.54, 1.807) is 24.3 Å². The van der Waals surface area contributed by atoms with Gasteiger partial charge < -0.3 is 10.4 Å². The van der Waals surface area contributed by atoms with Crippen molar-refractivity contribution < 1.29 is 9.90 Å². The first-order chi connectivity index (χ1) is 10.2. The topological polar surface area (TPSA) is 61.4 Å². The van der Waals surface area contributed by atoms with E-state index in [-0.39, 0.29) is 23.7 Å². The van der Waals surface area contributed by atoms with Gasteiger partial charge >= 0.3 is 0 Å². The van der Waals surface area contributed by atoms with Crippen LogP contribution in [0.1, 0.15) is 22.0 Å². The molecule has 1 unspecified atom stereocenters. The number of thiocarbonyl (C=S) groups is 1. The fraction of sp³-hybridized carbons (Fsp3) is 0.125. The lowest BCUT2D eigenvalue weighted by atomic mass is 10.1. The molecule has 21 heavy (non-hydrogen) atoms. The Balaban J connectivity index is 1.96. The molecule has 0 radical (unpaired) electrons. The smallest absolute Gasteiger partial charge is 0.257 e. The summed E-state index contributed by atoms with van der Waals surface area (Å²) in [7, 11) is 0. The summed E-state index contributed by atoms with van der Waals surface area (Å²) in [6.45, 7) is -0.120. The van der Waals surface area contributed by atoms with Crippen LogP contribution in [0.5, 0.6) is 0 Å². The second-order valence-electron chi connectivity index (χ2n) is 4.44. The van der Waals surface area contributed by atoms with Gasteiger partial charge in [0.25, 0.3) is 5.91 Å². The quantitative estimate of drug-likeness (QED) is 0.756. The molecule has 5 heteroatoms. The zero-order valence-electron chi connectivity index (χ0n) is 11.3. The van der Waals surface area contributed by atoms with E-state index in [4.69, 9.17) is 12.2 Å². The molecule has 2 rings (SSSR count). The first kappa shape index (κ1) is 15.2. The molecule has 0 saturated carbocycles. The number of carbonyl (C=O) groups is 1. The van der Waals surface area contributed by atoms with Crippen LogP contribution in [-0.2, 0) is 0 Å². The Morgan fingerprint density at radius 2 is 1.62 bits per heavy atom. The van der Waals surface area contributed by atoms with Crippen molar-refractivity contribution in [2.75, 3.05) is 6.61 Å². The molecule has 0 aromatic heterocycles. The van der Waals surface area contributed by atoms with Gasteiger partial charge in [0.15, 0.2) is 5.11 Å². The van der Waals surface area contributed by atoms with Gasteiger partial charge in [-0.3, -0.25) is 10.1 Å². The van der Waals surface area contributed by atoms with Crippen molar-refractivity contribution in [1.29, 1.82) is 0 Å². The Bertz CT molecular complexity index is 602. The van der Waals surface area contributed by atoms with E-state index in [9.17, 15) is 9.90 Å². The Labute approximate surface area is 128 Å². The van der Waals surface area contributed by atoms with Crippen LogP contribution in [0.15, 0.2) is 60.7 Å². The molecular formula is C16H16N2O2S. The number of amides is 1. The Kier molecular flexibility index (Phi) is 5.43. The second kappa shape index (κ2) is 7.52. The highest BCUT2D eigenvalue weighted by atomic mass is 32.1. The average Bonchev–Trinajstić information content (AvgIpc) is 2.54. The number of hydrogen-bond donors (Lipinski definition) is 3. The summed E-state index contributed by atoms with van der Waals surface area (Å²) >= 11 is 5.12. The third-order valence-electron chi connectivity index (χ3n) is 2.95. The van der Waals surface area contributed by atoms with Crippen LogP contribution >= 0.6 is 12.2 Å². The van der Waals surface area contributed by atoms with E-state index in [0.717, 1.165) is 5.56 Å². The predicted octanol–water partition coefficient (Wildman–Crippen LogP) is 2.02. The highest BCUT2D eigenvalue weighted by Gasteiger charge is 2.13. The minimum atomic E-state index is -0.352. The van der Waals surface area contributed by atoms with Gasteiger partial charge in [0, 0.05) is 5.56 Å². The van der Waals surface area contributed by atoms with Gasteiger partial charge in [-0.15, -0.1) is 0 Å². The predicted molar refractivity (Wildman–Crippen MR) is 85.9 cm³/mol. The van der Waals surface area contributed by atoms with E-state index in [1.807, 2.05) is 36.4 Å². The van der Waals surface area contributed by atoms with Crippen LogP contribution < -0.4 is 10.6 Å². The molecule has 3 N–H and O–H groups in total. The molecule has 0 aliphatic heterocycles. The molecule has 1 atom stereocenters. The van der Waals surface area contributed by atoms with Crippen molar-refractivity contribution in [1.82, 2.24) is 10.6 Å². The van der Waals surface area contributed by atoms with Crippen LogP contribution in [0.2, 0.25) is 0 Å². The third-order valence-corrected chi connectivity index (χ3v) is 3.17. The van der Waals surface area contributed by atoms with Gasteiger partial charge in [0.2, 0.25) is 0 Å². The highest BCUT2D eigenvalue weighted by Crippen LogP contribution is 2.11. The van der Waals surface area contributed by atoms with Crippen molar-refractivity contribution in [2.24, 2.45) is 0 Å². The summed E-state index contributed by atoms with van der Waals surface area (Å²) in [4.78, 5) is 12.0. The van der Waals surface area contributed by atoms with Gasteiger partial charge in [-0.05, 0) is 29.9 Å².